The fourth-order valence-electron chi connectivity index (χ4n) is 3.21. The Morgan fingerprint density at radius 3 is 2.83 bits per heavy atom. The third-order valence-corrected chi connectivity index (χ3v) is 4.44. The van der Waals surface area contributed by atoms with E-state index in [4.69, 9.17) is 9.47 Å². The minimum atomic E-state index is 0.0722. The lowest BCUT2D eigenvalue weighted by Gasteiger charge is -2.24. The molecule has 0 aliphatic carbocycles. The van der Waals surface area contributed by atoms with Gasteiger partial charge < -0.3 is 14.4 Å². The summed E-state index contributed by atoms with van der Waals surface area (Å²) in [5, 5.41) is 0. The van der Waals surface area contributed by atoms with E-state index < -0.39 is 0 Å². The molecule has 126 valence electrons. The minimum absolute atomic E-state index is 0.0722. The third kappa shape index (κ3) is 3.35. The van der Waals surface area contributed by atoms with Gasteiger partial charge in [-0.2, -0.15) is 0 Å². The maximum absolute atomic E-state index is 12.8. The van der Waals surface area contributed by atoms with Gasteiger partial charge >= 0.3 is 0 Å². The molecule has 0 bridgehead atoms. The number of carbonyl (C=O) groups excluding carboxylic acids is 1. The van der Waals surface area contributed by atoms with Crippen LogP contribution in [-0.2, 0) is 11.2 Å². The van der Waals surface area contributed by atoms with E-state index in [0.29, 0.717) is 12.2 Å². The summed E-state index contributed by atoms with van der Waals surface area (Å²) in [6.45, 7) is 0.776. The Labute approximate surface area is 142 Å². The molecule has 0 spiro atoms. The van der Waals surface area contributed by atoms with Gasteiger partial charge in [-0.25, -0.2) is 0 Å². The lowest BCUT2D eigenvalue weighted by Crippen LogP contribution is -2.32. The van der Waals surface area contributed by atoms with Crippen molar-refractivity contribution >= 4 is 5.91 Å². The summed E-state index contributed by atoms with van der Waals surface area (Å²) in [4.78, 5) is 19.2. The van der Waals surface area contributed by atoms with Crippen LogP contribution in [0.2, 0.25) is 0 Å². The molecular weight excluding hydrogens is 304 g/mol. The van der Waals surface area contributed by atoms with E-state index in [1.807, 2.05) is 41.3 Å². The van der Waals surface area contributed by atoms with Crippen molar-refractivity contribution in [2.24, 2.45) is 0 Å². The van der Waals surface area contributed by atoms with Gasteiger partial charge in [0.25, 0.3) is 0 Å². The number of hydrogen-bond acceptors (Lipinski definition) is 4. The molecule has 1 amide bonds. The van der Waals surface area contributed by atoms with E-state index in [0.717, 1.165) is 36.4 Å². The van der Waals surface area contributed by atoms with E-state index in [1.165, 1.54) is 0 Å². The average Bonchev–Trinajstić information content (AvgIpc) is 3.12. The molecule has 24 heavy (non-hydrogen) atoms. The van der Waals surface area contributed by atoms with Crippen LogP contribution in [0.5, 0.6) is 11.5 Å². The number of benzene rings is 1. The molecule has 1 saturated heterocycles. The maximum Gasteiger partial charge on any atom is 0.227 e. The summed E-state index contributed by atoms with van der Waals surface area (Å²) in [5.41, 5.74) is 1.83. The topological polar surface area (TPSA) is 51.7 Å². The zero-order valence-electron chi connectivity index (χ0n) is 14.1. The van der Waals surface area contributed by atoms with E-state index >= 15 is 0 Å². The first kappa shape index (κ1) is 16.3. The van der Waals surface area contributed by atoms with Gasteiger partial charge in [0, 0.05) is 24.4 Å². The van der Waals surface area contributed by atoms with Crippen molar-refractivity contribution in [1.82, 2.24) is 9.88 Å². The molecule has 0 N–H and O–H groups in total. The Bertz CT molecular complexity index is 703. The van der Waals surface area contributed by atoms with Gasteiger partial charge in [-0.3, -0.25) is 9.78 Å². The standard InChI is InChI=1S/C19H22N2O3/c1-23-15-9-8-14(18(13-15)24-2)12-19(22)21-11-5-7-17(21)16-6-3-4-10-20-16/h3-4,6,8-10,13,17H,5,7,11-12H2,1-2H3/t17-/m0/s1. The number of methoxy groups -OCH3 is 2. The number of aromatic nitrogens is 1. The van der Waals surface area contributed by atoms with Crippen molar-refractivity contribution < 1.29 is 14.3 Å². The second-order valence-corrected chi connectivity index (χ2v) is 5.85. The number of nitrogens with zero attached hydrogens (tertiary/aromatic N) is 2. The van der Waals surface area contributed by atoms with Crippen LogP contribution < -0.4 is 9.47 Å². The van der Waals surface area contributed by atoms with Crippen LogP contribution in [-0.4, -0.2) is 36.6 Å². The molecule has 0 unspecified atom stereocenters. The average molecular weight is 326 g/mol. The molecule has 1 aromatic heterocycles. The molecule has 1 aliphatic rings. The fourth-order valence-corrected chi connectivity index (χ4v) is 3.21. The second kappa shape index (κ2) is 7.34. The molecule has 1 atom stereocenters. The molecule has 3 rings (SSSR count). The third-order valence-electron chi connectivity index (χ3n) is 4.44. The normalized spacial score (nSPS) is 16.9. The zero-order chi connectivity index (χ0) is 16.9. The molecule has 0 saturated carbocycles. The molecule has 2 aromatic rings. The minimum Gasteiger partial charge on any atom is -0.497 e. The highest BCUT2D eigenvalue weighted by Crippen LogP contribution is 2.32. The van der Waals surface area contributed by atoms with Crippen molar-refractivity contribution in [3.63, 3.8) is 0 Å². The number of likely N-dealkylation sites (tertiary alicyclic amines) is 1. The molecule has 5 heteroatoms. The van der Waals surface area contributed by atoms with Crippen LogP contribution in [0.25, 0.3) is 0 Å². The lowest BCUT2D eigenvalue weighted by molar-refractivity contribution is -0.131. The summed E-state index contributed by atoms with van der Waals surface area (Å²) in [6.07, 6.45) is 4.06. The Kier molecular flexibility index (Phi) is 4.99. The van der Waals surface area contributed by atoms with Crippen molar-refractivity contribution in [1.29, 1.82) is 0 Å². The number of carbonyl (C=O) groups is 1. The molecular formula is C19H22N2O3. The Morgan fingerprint density at radius 2 is 2.12 bits per heavy atom. The second-order valence-electron chi connectivity index (χ2n) is 5.85. The van der Waals surface area contributed by atoms with E-state index in [-0.39, 0.29) is 11.9 Å². The molecule has 1 aromatic carbocycles. The molecule has 0 radical (unpaired) electrons. The van der Waals surface area contributed by atoms with Crippen molar-refractivity contribution in [2.45, 2.75) is 25.3 Å². The van der Waals surface area contributed by atoms with Crippen LogP contribution in [0.3, 0.4) is 0 Å². The van der Waals surface area contributed by atoms with Crippen molar-refractivity contribution in [3.05, 3.63) is 53.9 Å². The first-order chi connectivity index (χ1) is 11.7. The van der Waals surface area contributed by atoms with Gasteiger partial charge in [-0.05, 0) is 31.0 Å². The zero-order valence-corrected chi connectivity index (χ0v) is 14.1. The van der Waals surface area contributed by atoms with E-state index in [2.05, 4.69) is 4.98 Å². The molecule has 1 fully saturated rings. The summed E-state index contributed by atoms with van der Waals surface area (Å²) in [7, 11) is 3.22. The summed E-state index contributed by atoms with van der Waals surface area (Å²) < 4.78 is 10.6. The Balaban J connectivity index is 1.77. The highest BCUT2D eigenvalue weighted by atomic mass is 16.5. The summed E-state index contributed by atoms with van der Waals surface area (Å²) >= 11 is 0. The van der Waals surface area contributed by atoms with Crippen LogP contribution in [0.15, 0.2) is 42.6 Å². The number of amides is 1. The van der Waals surface area contributed by atoms with Gasteiger partial charge in [-0.1, -0.05) is 12.1 Å². The van der Waals surface area contributed by atoms with E-state index in [9.17, 15) is 4.79 Å². The van der Waals surface area contributed by atoms with Crippen LogP contribution >= 0.6 is 0 Å². The van der Waals surface area contributed by atoms with Crippen LogP contribution in [0, 0.1) is 0 Å². The first-order valence-electron chi connectivity index (χ1n) is 8.14. The Morgan fingerprint density at radius 1 is 1.25 bits per heavy atom. The summed E-state index contributed by atoms with van der Waals surface area (Å²) in [5.74, 6) is 1.50. The largest absolute Gasteiger partial charge is 0.497 e. The number of rotatable bonds is 5. The van der Waals surface area contributed by atoms with Gasteiger partial charge in [0.15, 0.2) is 0 Å². The number of pyridine rings is 1. The monoisotopic (exact) mass is 326 g/mol. The van der Waals surface area contributed by atoms with Gasteiger partial charge in [-0.15, -0.1) is 0 Å². The predicted octanol–water partition coefficient (Wildman–Crippen LogP) is 3.01. The van der Waals surface area contributed by atoms with Gasteiger partial charge in [0.05, 0.1) is 32.4 Å². The lowest BCUT2D eigenvalue weighted by atomic mass is 10.1. The van der Waals surface area contributed by atoms with Crippen LogP contribution in [0.1, 0.15) is 30.1 Å². The molecule has 2 heterocycles. The number of ether oxygens (including phenoxy) is 2. The highest BCUT2D eigenvalue weighted by Gasteiger charge is 2.30. The summed E-state index contributed by atoms with van der Waals surface area (Å²) in [6, 6.07) is 11.5. The van der Waals surface area contributed by atoms with Crippen molar-refractivity contribution in [2.75, 3.05) is 20.8 Å². The maximum atomic E-state index is 12.8. The first-order valence-corrected chi connectivity index (χ1v) is 8.14. The van der Waals surface area contributed by atoms with Crippen LogP contribution in [0.4, 0.5) is 0 Å². The Hall–Kier alpha value is -2.56. The SMILES string of the molecule is COc1ccc(CC(=O)N2CCC[C@H]2c2ccccn2)c(OC)c1. The van der Waals surface area contributed by atoms with Crippen molar-refractivity contribution in [3.8, 4) is 11.5 Å². The predicted molar refractivity (Wildman–Crippen MR) is 91.2 cm³/mol. The van der Waals surface area contributed by atoms with Gasteiger partial charge in [0.1, 0.15) is 11.5 Å². The van der Waals surface area contributed by atoms with Gasteiger partial charge in [0.2, 0.25) is 5.91 Å². The number of hydrogen-bond donors (Lipinski definition) is 0. The molecule has 5 nitrogen and oxygen atoms in total. The fraction of sp³-hybridized carbons (Fsp3) is 0.368. The van der Waals surface area contributed by atoms with E-state index in [1.54, 1.807) is 20.4 Å². The smallest absolute Gasteiger partial charge is 0.227 e. The highest BCUT2D eigenvalue weighted by molar-refractivity contribution is 5.80. The quantitative estimate of drug-likeness (QED) is 0.847. The molecule has 1 aliphatic heterocycles.